The minimum Gasteiger partial charge on any atom is -0.370 e. The van der Waals surface area contributed by atoms with E-state index in [0.717, 1.165) is 11.1 Å². The van der Waals surface area contributed by atoms with Crippen LogP contribution in [0.5, 0.6) is 0 Å². The monoisotopic (exact) mass is 370 g/mol. The lowest BCUT2D eigenvalue weighted by molar-refractivity contribution is 0.0977. The van der Waals surface area contributed by atoms with Crippen molar-refractivity contribution in [3.63, 3.8) is 0 Å². The van der Waals surface area contributed by atoms with E-state index in [-0.39, 0.29) is 23.5 Å². The highest BCUT2D eigenvalue weighted by Gasteiger charge is 2.16. The zero-order valence-corrected chi connectivity index (χ0v) is 15.2. The lowest BCUT2D eigenvalue weighted by Crippen LogP contribution is -2.36. The lowest BCUT2D eigenvalue weighted by atomic mass is 10.0. The molecule has 3 aromatic rings. The van der Waals surface area contributed by atoms with Gasteiger partial charge >= 0.3 is 0 Å². The predicted octanol–water partition coefficient (Wildman–Crippen LogP) is 2.65. The second-order valence-electron chi connectivity index (χ2n) is 5.97. The number of halogens is 1. The highest BCUT2D eigenvalue weighted by molar-refractivity contribution is 6.12. The van der Waals surface area contributed by atoms with Gasteiger partial charge in [0.2, 0.25) is 0 Å². The van der Waals surface area contributed by atoms with Crippen molar-refractivity contribution in [3.05, 3.63) is 75.7 Å². The van der Waals surface area contributed by atoms with Gasteiger partial charge in [-0.1, -0.05) is 29.8 Å². The zero-order chi connectivity index (χ0) is 18.1. The summed E-state index contributed by atoms with van der Waals surface area (Å²) in [6.45, 7) is 3.82. The highest BCUT2D eigenvalue weighted by atomic mass is 35.5. The predicted molar refractivity (Wildman–Crippen MR) is 106 cm³/mol. The number of carbonyl (C=O) groups is 1. The summed E-state index contributed by atoms with van der Waals surface area (Å²) in [5.74, 6) is -0.969. The van der Waals surface area contributed by atoms with Gasteiger partial charge in [0, 0.05) is 22.7 Å². The van der Waals surface area contributed by atoms with Gasteiger partial charge in [0.15, 0.2) is 5.96 Å². The Hall–Kier alpha value is -3.12. The molecule has 134 valence electrons. The number of benzene rings is 2. The number of hydrogen-bond donors (Lipinski definition) is 3. The average Bonchev–Trinajstić information content (AvgIpc) is 2.54. The summed E-state index contributed by atoms with van der Waals surface area (Å²) in [5.41, 5.74) is 7.97. The van der Waals surface area contributed by atoms with Gasteiger partial charge in [0.25, 0.3) is 11.5 Å². The maximum atomic E-state index is 12.9. The molecule has 4 N–H and O–H groups in total. The second kappa shape index (κ2) is 7.41. The fraction of sp³-hybridized carbons (Fsp3) is 0.105. The maximum absolute atomic E-state index is 12.9. The Morgan fingerprint density at radius 3 is 2.42 bits per heavy atom. The van der Waals surface area contributed by atoms with E-state index in [4.69, 9.17) is 11.1 Å². The quantitative estimate of drug-likeness (QED) is 0.477. The number of guanidine groups is 1. The van der Waals surface area contributed by atoms with E-state index in [2.05, 4.69) is 5.32 Å². The molecule has 3 rings (SSSR count). The first-order chi connectivity index (χ1) is 11.9. The molecule has 0 saturated carbocycles. The fourth-order valence-corrected chi connectivity index (χ4v) is 2.79. The van der Waals surface area contributed by atoms with Crippen LogP contribution in [0.4, 0.5) is 0 Å². The first-order valence-electron chi connectivity index (χ1n) is 7.75. The topological polar surface area (TPSA) is 101 Å². The number of amides is 1. The largest absolute Gasteiger partial charge is 0.370 e. The summed E-state index contributed by atoms with van der Waals surface area (Å²) < 4.78 is 1.44. The standard InChI is InChI=1S/C19H18N4O2.ClH/c1-11-4-3-5-13(8-11)23-10-16(17(24)22-19(20)21)15-9-12(2)6-7-14(15)18(23)25;/h3-10H,1-2H3,(H4,20,21,22,24);1H. The molecule has 1 amide bonds. The second-order valence-corrected chi connectivity index (χ2v) is 5.97. The van der Waals surface area contributed by atoms with Crippen molar-refractivity contribution in [2.45, 2.75) is 13.8 Å². The number of hydrogen-bond acceptors (Lipinski definition) is 3. The van der Waals surface area contributed by atoms with Gasteiger partial charge in [-0.15, -0.1) is 12.4 Å². The molecule has 0 unspecified atom stereocenters. The van der Waals surface area contributed by atoms with Crippen LogP contribution in [0.25, 0.3) is 16.5 Å². The molecule has 26 heavy (non-hydrogen) atoms. The molecule has 6 nitrogen and oxygen atoms in total. The van der Waals surface area contributed by atoms with E-state index in [0.29, 0.717) is 16.5 Å². The minimum atomic E-state index is -0.524. The number of aromatic nitrogens is 1. The first kappa shape index (κ1) is 19.2. The first-order valence-corrected chi connectivity index (χ1v) is 7.75. The Morgan fingerprint density at radius 2 is 1.77 bits per heavy atom. The summed E-state index contributed by atoms with van der Waals surface area (Å²) in [7, 11) is 0. The van der Waals surface area contributed by atoms with Gasteiger partial charge in [-0.2, -0.15) is 0 Å². The SMILES string of the molecule is Cc1cccc(-n2cc(C(=O)NC(=N)N)c3cc(C)ccc3c2=O)c1.Cl. The fourth-order valence-electron chi connectivity index (χ4n) is 2.79. The summed E-state index contributed by atoms with van der Waals surface area (Å²) in [6.07, 6.45) is 1.50. The molecule has 0 saturated heterocycles. The van der Waals surface area contributed by atoms with Gasteiger partial charge in [-0.25, -0.2) is 0 Å². The summed E-state index contributed by atoms with van der Waals surface area (Å²) in [6, 6.07) is 12.8. The molecule has 0 aliphatic carbocycles. The average molecular weight is 371 g/mol. The van der Waals surface area contributed by atoms with Crippen LogP contribution in [-0.2, 0) is 0 Å². The number of rotatable bonds is 2. The number of nitrogens with one attached hydrogen (secondary N) is 2. The normalized spacial score (nSPS) is 10.2. The van der Waals surface area contributed by atoms with Crippen LogP contribution in [-0.4, -0.2) is 16.4 Å². The van der Waals surface area contributed by atoms with Crippen molar-refractivity contribution < 1.29 is 4.79 Å². The molecule has 2 aromatic carbocycles. The van der Waals surface area contributed by atoms with Crippen LogP contribution in [0.15, 0.2) is 53.5 Å². The van der Waals surface area contributed by atoms with Crippen LogP contribution in [0.1, 0.15) is 21.5 Å². The Kier molecular flexibility index (Phi) is 5.47. The Balaban J connectivity index is 0.00000243. The third kappa shape index (κ3) is 3.60. The van der Waals surface area contributed by atoms with Crippen LogP contribution >= 0.6 is 12.4 Å². The van der Waals surface area contributed by atoms with E-state index < -0.39 is 11.9 Å². The van der Waals surface area contributed by atoms with Crippen molar-refractivity contribution in [2.75, 3.05) is 0 Å². The molecule has 0 aliphatic rings. The number of nitrogens with two attached hydrogens (primary N) is 1. The van der Waals surface area contributed by atoms with Crippen molar-refractivity contribution >= 4 is 35.0 Å². The van der Waals surface area contributed by atoms with Crippen LogP contribution in [0, 0.1) is 19.3 Å². The Morgan fingerprint density at radius 1 is 1.08 bits per heavy atom. The number of nitrogens with zero attached hydrogens (tertiary/aromatic N) is 1. The Bertz CT molecular complexity index is 1070. The van der Waals surface area contributed by atoms with Gasteiger partial charge in [-0.05, 0) is 37.6 Å². The summed E-state index contributed by atoms with van der Waals surface area (Å²) >= 11 is 0. The molecule has 0 radical (unpaired) electrons. The van der Waals surface area contributed by atoms with Gasteiger partial charge in [0.05, 0.1) is 5.56 Å². The van der Waals surface area contributed by atoms with Crippen LogP contribution < -0.4 is 16.6 Å². The minimum absolute atomic E-state index is 0. The molecule has 7 heteroatoms. The van der Waals surface area contributed by atoms with E-state index in [1.807, 2.05) is 38.1 Å². The zero-order valence-electron chi connectivity index (χ0n) is 14.4. The lowest BCUT2D eigenvalue weighted by Gasteiger charge is -2.13. The molecule has 0 fully saturated rings. The third-order valence-corrected chi connectivity index (χ3v) is 3.95. The van der Waals surface area contributed by atoms with Crippen molar-refractivity contribution in [1.29, 1.82) is 5.41 Å². The molecule has 1 aromatic heterocycles. The van der Waals surface area contributed by atoms with E-state index in [1.165, 1.54) is 10.8 Å². The molecular weight excluding hydrogens is 352 g/mol. The summed E-state index contributed by atoms with van der Waals surface area (Å²) in [5, 5.41) is 10.5. The van der Waals surface area contributed by atoms with Gasteiger partial charge in [0.1, 0.15) is 0 Å². The van der Waals surface area contributed by atoms with E-state index in [9.17, 15) is 9.59 Å². The van der Waals surface area contributed by atoms with Gasteiger partial charge in [-0.3, -0.25) is 24.9 Å². The number of pyridine rings is 1. The number of carbonyl (C=O) groups excluding carboxylic acids is 1. The van der Waals surface area contributed by atoms with Crippen LogP contribution in [0.2, 0.25) is 0 Å². The summed E-state index contributed by atoms with van der Waals surface area (Å²) in [4.78, 5) is 25.4. The third-order valence-electron chi connectivity index (χ3n) is 3.95. The molecule has 0 bridgehead atoms. The maximum Gasteiger partial charge on any atom is 0.262 e. The van der Waals surface area contributed by atoms with Crippen molar-refractivity contribution in [1.82, 2.24) is 9.88 Å². The van der Waals surface area contributed by atoms with Gasteiger partial charge < -0.3 is 5.73 Å². The van der Waals surface area contributed by atoms with Crippen molar-refractivity contribution in [2.24, 2.45) is 5.73 Å². The number of fused-ring (bicyclic) bond motifs is 1. The molecule has 0 atom stereocenters. The van der Waals surface area contributed by atoms with Crippen molar-refractivity contribution in [3.8, 4) is 5.69 Å². The molecule has 1 heterocycles. The number of aryl methyl sites for hydroxylation is 2. The Labute approximate surface area is 156 Å². The molecule has 0 spiro atoms. The molecule has 0 aliphatic heterocycles. The highest BCUT2D eigenvalue weighted by Crippen LogP contribution is 2.20. The van der Waals surface area contributed by atoms with Crippen LogP contribution in [0.3, 0.4) is 0 Å². The molecular formula is C19H19ClN4O2. The van der Waals surface area contributed by atoms with E-state index >= 15 is 0 Å². The smallest absolute Gasteiger partial charge is 0.262 e. The van der Waals surface area contributed by atoms with E-state index in [1.54, 1.807) is 18.2 Å².